The van der Waals surface area contributed by atoms with Gasteiger partial charge in [0.25, 0.3) is 0 Å². The van der Waals surface area contributed by atoms with E-state index in [-0.39, 0.29) is 5.78 Å². The molecule has 0 bridgehead atoms. The number of ketones is 1. The molecule has 0 saturated carbocycles. The van der Waals surface area contributed by atoms with Crippen LogP contribution in [-0.4, -0.2) is 15.8 Å². The van der Waals surface area contributed by atoms with Gasteiger partial charge >= 0.3 is 0 Å². The summed E-state index contributed by atoms with van der Waals surface area (Å²) >= 11 is 0. The molecule has 108 valence electrons. The molecule has 1 N–H and O–H groups in total. The first-order valence-electron chi connectivity index (χ1n) is 7.53. The van der Waals surface area contributed by atoms with Gasteiger partial charge in [0.1, 0.15) is 0 Å². The molecular formula is C20H12N2O. The lowest BCUT2D eigenvalue weighted by Gasteiger charge is -2.09. The second-order valence-corrected chi connectivity index (χ2v) is 5.74. The van der Waals surface area contributed by atoms with Crippen molar-refractivity contribution in [3.8, 4) is 22.3 Å². The fraction of sp³-hybridized carbons (Fsp3) is 0. The summed E-state index contributed by atoms with van der Waals surface area (Å²) in [7, 11) is 0. The quantitative estimate of drug-likeness (QED) is 0.497. The summed E-state index contributed by atoms with van der Waals surface area (Å²) in [6.45, 7) is 0. The monoisotopic (exact) mass is 296 g/mol. The van der Waals surface area contributed by atoms with Crippen molar-refractivity contribution in [2.24, 2.45) is 0 Å². The van der Waals surface area contributed by atoms with Gasteiger partial charge in [0.2, 0.25) is 0 Å². The lowest BCUT2D eigenvalue weighted by molar-refractivity contribution is 0.104. The molecule has 1 heterocycles. The lowest BCUT2D eigenvalue weighted by Crippen LogP contribution is -1.94. The molecule has 0 spiro atoms. The van der Waals surface area contributed by atoms with E-state index in [0.29, 0.717) is 0 Å². The third kappa shape index (κ3) is 1.64. The van der Waals surface area contributed by atoms with E-state index >= 15 is 0 Å². The van der Waals surface area contributed by atoms with Gasteiger partial charge in [0, 0.05) is 16.7 Å². The fourth-order valence-corrected chi connectivity index (χ4v) is 3.42. The van der Waals surface area contributed by atoms with Gasteiger partial charge in [-0.3, -0.25) is 4.79 Å². The molecule has 5 rings (SSSR count). The highest BCUT2D eigenvalue weighted by atomic mass is 16.1. The van der Waals surface area contributed by atoms with Crippen LogP contribution in [0.4, 0.5) is 0 Å². The third-order valence-electron chi connectivity index (χ3n) is 4.48. The standard InChI is InChI=1S/C20H12N2O/c23-20-15-5-2-1-4-14(15)19-13(6-3-7-16(19)20)12-8-9-17-18(10-12)22-11-21-17/h1-11H,(H,21,22). The summed E-state index contributed by atoms with van der Waals surface area (Å²) in [5, 5.41) is 0. The highest BCUT2D eigenvalue weighted by Crippen LogP contribution is 2.42. The van der Waals surface area contributed by atoms with Gasteiger partial charge in [0.15, 0.2) is 5.78 Å². The summed E-state index contributed by atoms with van der Waals surface area (Å²) in [5.41, 5.74) is 7.74. The number of carbonyl (C=O) groups excluding carboxylic acids is 1. The van der Waals surface area contributed by atoms with E-state index in [9.17, 15) is 4.79 Å². The first-order chi connectivity index (χ1) is 11.3. The smallest absolute Gasteiger partial charge is 0.194 e. The van der Waals surface area contributed by atoms with E-state index < -0.39 is 0 Å². The van der Waals surface area contributed by atoms with E-state index in [4.69, 9.17) is 0 Å². The Labute approximate surface area is 132 Å². The number of rotatable bonds is 1. The van der Waals surface area contributed by atoms with Crippen LogP contribution in [0.2, 0.25) is 0 Å². The summed E-state index contributed by atoms with van der Waals surface area (Å²) in [4.78, 5) is 20.0. The largest absolute Gasteiger partial charge is 0.345 e. The number of hydrogen-bond acceptors (Lipinski definition) is 2. The minimum atomic E-state index is 0.111. The van der Waals surface area contributed by atoms with Crippen molar-refractivity contribution in [1.29, 1.82) is 0 Å². The molecule has 3 aromatic carbocycles. The summed E-state index contributed by atoms with van der Waals surface area (Å²) in [5.74, 6) is 0.111. The van der Waals surface area contributed by atoms with Crippen LogP contribution < -0.4 is 0 Å². The minimum Gasteiger partial charge on any atom is -0.345 e. The number of aromatic nitrogens is 2. The van der Waals surface area contributed by atoms with Gasteiger partial charge in [-0.25, -0.2) is 4.98 Å². The number of fused-ring (bicyclic) bond motifs is 4. The van der Waals surface area contributed by atoms with E-state index in [0.717, 1.165) is 44.4 Å². The first-order valence-corrected chi connectivity index (χ1v) is 7.53. The molecule has 0 saturated heterocycles. The van der Waals surface area contributed by atoms with E-state index in [1.165, 1.54) is 0 Å². The average molecular weight is 296 g/mol. The molecule has 4 aromatic rings. The third-order valence-corrected chi connectivity index (χ3v) is 4.48. The molecule has 1 aliphatic rings. The molecule has 3 nitrogen and oxygen atoms in total. The second kappa shape index (κ2) is 4.40. The molecular weight excluding hydrogens is 284 g/mol. The molecule has 0 aliphatic heterocycles. The van der Waals surface area contributed by atoms with Gasteiger partial charge in [-0.15, -0.1) is 0 Å². The summed E-state index contributed by atoms with van der Waals surface area (Å²) in [6.07, 6.45) is 1.70. The van der Waals surface area contributed by atoms with E-state index in [2.05, 4.69) is 28.2 Å². The van der Waals surface area contributed by atoms with Crippen LogP contribution in [-0.2, 0) is 0 Å². The number of hydrogen-bond donors (Lipinski definition) is 1. The topological polar surface area (TPSA) is 45.8 Å². The SMILES string of the molecule is O=C1c2ccccc2-c2c1cccc2-c1ccc2nc[nH]c2c1. The van der Waals surface area contributed by atoms with Crippen molar-refractivity contribution < 1.29 is 4.79 Å². The van der Waals surface area contributed by atoms with Crippen LogP contribution in [0.5, 0.6) is 0 Å². The first kappa shape index (κ1) is 12.4. The van der Waals surface area contributed by atoms with Crippen LogP contribution >= 0.6 is 0 Å². The zero-order valence-corrected chi connectivity index (χ0v) is 12.2. The van der Waals surface area contributed by atoms with Gasteiger partial charge in [-0.2, -0.15) is 0 Å². The average Bonchev–Trinajstić information content (AvgIpc) is 3.18. The maximum absolute atomic E-state index is 12.6. The molecule has 0 atom stereocenters. The summed E-state index contributed by atoms with van der Waals surface area (Å²) in [6, 6.07) is 19.9. The Morgan fingerprint density at radius 3 is 2.48 bits per heavy atom. The predicted octanol–water partition coefficient (Wildman–Crippen LogP) is 4.44. The highest BCUT2D eigenvalue weighted by molar-refractivity contribution is 6.23. The molecule has 3 heteroatoms. The Balaban J connectivity index is 1.83. The Hall–Kier alpha value is -3.20. The molecule has 0 radical (unpaired) electrons. The van der Waals surface area contributed by atoms with Crippen LogP contribution in [0.15, 0.2) is 67.0 Å². The zero-order valence-electron chi connectivity index (χ0n) is 12.2. The molecule has 1 aliphatic carbocycles. The minimum absolute atomic E-state index is 0.111. The van der Waals surface area contributed by atoms with E-state index in [1.807, 2.05) is 42.5 Å². The molecule has 0 fully saturated rings. The highest BCUT2D eigenvalue weighted by Gasteiger charge is 2.28. The van der Waals surface area contributed by atoms with Gasteiger partial charge in [0.05, 0.1) is 17.4 Å². The van der Waals surface area contributed by atoms with E-state index in [1.54, 1.807) is 6.33 Å². The molecule has 23 heavy (non-hydrogen) atoms. The van der Waals surface area contributed by atoms with Crippen molar-refractivity contribution >= 4 is 16.8 Å². The Bertz CT molecular complexity index is 1090. The van der Waals surface area contributed by atoms with Crippen molar-refractivity contribution in [2.45, 2.75) is 0 Å². The van der Waals surface area contributed by atoms with Crippen molar-refractivity contribution in [3.63, 3.8) is 0 Å². The second-order valence-electron chi connectivity index (χ2n) is 5.74. The van der Waals surface area contributed by atoms with Crippen LogP contribution in [0.1, 0.15) is 15.9 Å². The van der Waals surface area contributed by atoms with Crippen molar-refractivity contribution in [3.05, 3.63) is 78.1 Å². The number of aromatic amines is 1. The number of nitrogens with zero attached hydrogens (tertiary/aromatic N) is 1. The van der Waals surface area contributed by atoms with Crippen molar-refractivity contribution in [1.82, 2.24) is 9.97 Å². The lowest BCUT2D eigenvalue weighted by atomic mass is 9.94. The molecule has 0 unspecified atom stereocenters. The number of carbonyl (C=O) groups is 1. The number of H-pyrrole nitrogens is 1. The predicted molar refractivity (Wildman–Crippen MR) is 90.4 cm³/mol. The Kier molecular flexibility index (Phi) is 2.36. The normalized spacial score (nSPS) is 12.4. The van der Waals surface area contributed by atoms with Crippen molar-refractivity contribution in [2.75, 3.05) is 0 Å². The maximum atomic E-state index is 12.6. The summed E-state index contributed by atoms with van der Waals surface area (Å²) < 4.78 is 0. The molecule has 1 aromatic heterocycles. The van der Waals surface area contributed by atoms with Gasteiger partial charge in [-0.05, 0) is 28.8 Å². The van der Waals surface area contributed by atoms with Crippen LogP contribution in [0.25, 0.3) is 33.3 Å². The maximum Gasteiger partial charge on any atom is 0.194 e. The van der Waals surface area contributed by atoms with Gasteiger partial charge in [-0.1, -0.05) is 48.5 Å². The Morgan fingerprint density at radius 1 is 0.783 bits per heavy atom. The number of imidazole rings is 1. The van der Waals surface area contributed by atoms with Crippen LogP contribution in [0.3, 0.4) is 0 Å². The Morgan fingerprint density at radius 2 is 1.57 bits per heavy atom. The number of nitrogens with one attached hydrogen (secondary N) is 1. The number of benzene rings is 3. The van der Waals surface area contributed by atoms with Gasteiger partial charge < -0.3 is 4.98 Å². The molecule has 0 amide bonds. The zero-order chi connectivity index (χ0) is 15.4. The fourth-order valence-electron chi connectivity index (χ4n) is 3.42. The van der Waals surface area contributed by atoms with Crippen LogP contribution in [0, 0.1) is 0 Å².